The zero-order valence-corrected chi connectivity index (χ0v) is 15.2. The van der Waals surface area contributed by atoms with E-state index < -0.39 is 8.32 Å². The average molecular weight is 298 g/mol. The highest BCUT2D eigenvalue weighted by Gasteiger charge is 2.37. The third-order valence-electron chi connectivity index (χ3n) is 4.98. The smallest absolute Gasteiger partial charge is 0.230 e. The Hall–Kier alpha value is 0.394. The molecule has 0 aromatic rings. The van der Waals surface area contributed by atoms with Crippen LogP contribution >= 0.6 is 0 Å². The molecule has 0 N–H and O–H groups in total. The zero-order valence-electron chi connectivity index (χ0n) is 13.2. The summed E-state index contributed by atoms with van der Waals surface area (Å²) in [6, 6.07) is 1.36. The molecular formula is C16H33OSi2. The molecule has 1 nitrogen and oxygen atoms in total. The van der Waals surface area contributed by atoms with Crippen LogP contribution in [-0.4, -0.2) is 18.8 Å². The Kier molecular flexibility index (Phi) is 9.34. The molecule has 111 valence electrons. The van der Waals surface area contributed by atoms with Crippen molar-refractivity contribution in [1.29, 1.82) is 0 Å². The van der Waals surface area contributed by atoms with Gasteiger partial charge in [-0.05, 0) is 18.1 Å². The summed E-state index contributed by atoms with van der Waals surface area (Å²) in [5, 5.41) is 0. The highest BCUT2D eigenvalue weighted by atomic mass is 28.4. The van der Waals surface area contributed by atoms with Crippen molar-refractivity contribution in [2.45, 2.75) is 102 Å². The molecule has 0 aliphatic heterocycles. The van der Waals surface area contributed by atoms with Crippen molar-refractivity contribution in [3.8, 4) is 0 Å². The predicted octanol–water partition coefficient (Wildman–Crippen LogP) is 5.75. The molecule has 1 atom stereocenters. The molecule has 0 spiro atoms. The molecule has 3 radical (unpaired) electrons. The van der Waals surface area contributed by atoms with Crippen LogP contribution < -0.4 is 0 Å². The first-order valence-electron chi connectivity index (χ1n) is 8.57. The molecule has 1 rings (SSSR count). The van der Waals surface area contributed by atoms with E-state index in [1.807, 2.05) is 0 Å². The largest absolute Gasteiger partial charge is 0.457 e. The van der Waals surface area contributed by atoms with Crippen LogP contribution in [0.5, 0.6) is 0 Å². The van der Waals surface area contributed by atoms with Gasteiger partial charge in [-0.15, -0.1) is 0 Å². The minimum absolute atomic E-state index is 0.912. The Bertz CT molecular complexity index is 217. The van der Waals surface area contributed by atoms with E-state index in [1.165, 1.54) is 83.1 Å². The second-order valence-electron chi connectivity index (χ2n) is 6.62. The van der Waals surface area contributed by atoms with Gasteiger partial charge in [-0.1, -0.05) is 84.0 Å². The van der Waals surface area contributed by atoms with Gasteiger partial charge in [-0.3, -0.25) is 0 Å². The SMILES string of the molecule is CCCCCCCCCC[Si](C)(O[Si])C1CCCC1. The fraction of sp³-hybridized carbons (Fsp3) is 1.00. The molecule has 1 saturated carbocycles. The molecule has 0 amide bonds. The lowest BCUT2D eigenvalue weighted by Gasteiger charge is -2.32. The molecule has 0 aromatic carbocycles. The monoisotopic (exact) mass is 297 g/mol. The maximum atomic E-state index is 5.83. The summed E-state index contributed by atoms with van der Waals surface area (Å²) < 4.78 is 5.83. The van der Waals surface area contributed by atoms with Crippen molar-refractivity contribution in [2.75, 3.05) is 0 Å². The first-order chi connectivity index (χ1) is 9.23. The standard InChI is InChI=1S/C16H33OSi2/c1-3-4-5-6-7-8-9-12-15-19(2,17-18)16-13-10-11-14-16/h16H,3-15H2,1-2H3. The molecule has 0 saturated heterocycles. The minimum Gasteiger partial charge on any atom is -0.457 e. The maximum absolute atomic E-state index is 5.83. The molecular weight excluding hydrogens is 264 g/mol. The lowest BCUT2D eigenvalue weighted by molar-refractivity contribution is 0.537. The van der Waals surface area contributed by atoms with Crippen LogP contribution in [0.15, 0.2) is 0 Å². The Morgan fingerprint density at radius 2 is 1.47 bits per heavy atom. The van der Waals surface area contributed by atoms with Crippen LogP contribution in [-0.2, 0) is 4.12 Å². The zero-order chi connectivity index (χ0) is 14.0. The van der Waals surface area contributed by atoms with Gasteiger partial charge in [0.25, 0.3) is 0 Å². The van der Waals surface area contributed by atoms with Gasteiger partial charge in [0.15, 0.2) is 8.32 Å². The highest BCUT2D eigenvalue weighted by Crippen LogP contribution is 2.41. The first-order valence-corrected chi connectivity index (χ1v) is 11.7. The van der Waals surface area contributed by atoms with Gasteiger partial charge in [0.05, 0.1) is 0 Å². The summed E-state index contributed by atoms with van der Waals surface area (Å²) in [6.45, 7) is 4.73. The van der Waals surface area contributed by atoms with E-state index in [9.17, 15) is 0 Å². The summed E-state index contributed by atoms with van der Waals surface area (Å²) in [5.41, 5.74) is 0.912. The van der Waals surface area contributed by atoms with E-state index >= 15 is 0 Å². The quantitative estimate of drug-likeness (QED) is 0.349. The summed E-state index contributed by atoms with van der Waals surface area (Å²) >= 11 is 0. The minimum atomic E-state index is -1.46. The Balaban J connectivity index is 2.05. The van der Waals surface area contributed by atoms with Crippen molar-refractivity contribution in [3.63, 3.8) is 0 Å². The van der Waals surface area contributed by atoms with E-state index in [-0.39, 0.29) is 0 Å². The second-order valence-corrected chi connectivity index (χ2v) is 11.4. The van der Waals surface area contributed by atoms with Crippen molar-refractivity contribution in [2.24, 2.45) is 0 Å². The van der Waals surface area contributed by atoms with E-state index in [1.54, 1.807) is 0 Å². The van der Waals surface area contributed by atoms with Crippen LogP contribution in [0, 0.1) is 0 Å². The number of hydrogen-bond acceptors (Lipinski definition) is 1. The first kappa shape index (κ1) is 17.4. The highest BCUT2D eigenvalue weighted by molar-refractivity contribution is 6.76. The number of hydrogen-bond donors (Lipinski definition) is 0. The van der Waals surface area contributed by atoms with Crippen LogP contribution in [0.3, 0.4) is 0 Å². The molecule has 3 heteroatoms. The van der Waals surface area contributed by atoms with E-state index in [0.29, 0.717) is 0 Å². The van der Waals surface area contributed by atoms with Gasteiger partial charge >= 0.3 is 0 Å². The van der Waals surface area contributed by atoms with Crippen molar-refractivity contribution >= 4 is 18.8 Å². The van der Waals surface area contributed by atoms with E-state index in [2.05, 4.69) is 24.0 Å². The van der Waals surface area contributed by atoms with Crippen LogP contribution in [0.4, 0.5) is 0 Å². The summed E-state index contributed by atoms with van der Waals surface area (Å²) in [4.78, 5) is 0. The molecule has 1 unspecified atom stereocenters. The normalized spacial score (nSPS) is 19.7. The lowest BCUT2D eigenvalue weighted by atomic mass is 10.1. The van der Waals surface area contributed by atoms with Gasteiger partial charge in [-0.2, -0.15) is 0 Å². The lowest BCUT2D eigenvalue weighted by Crippen LogP contribution is -2.38. The molecule has 19 heavy (non-hydrogen) atoms. The predicted molar refractivity (Wildman–Crippen MR) is 88.1 cm³/mol. The third kappa shape index (κ3) is 6.59. The van der Waals surface area contributed by atoms with Gasteiger partial charge in [0, 0.05) is 0 Å². The van der Waals surface area contributed by atoms with Gasteiger partial charge in [0.1, 0.15) is 0 Å². The molecule has 0 bridgehead atoms. The number of unbranched alkanes of at least 4 members (excludes halogenated alkanes) is 7. The van der Waals surface area contributed by atoms with Crippen molar-refractivity contribution in [1.82, 2.24) is 0 Å². The van der Waals surface area contributed by atoms with E-state index in [0.717, 1.165) is 5.54 Å². The Morgan fingerprint density at radius 1 is 0.947 bits per heavy atom. The molecule has 1 fully saturated rings. The summed E-state index contributed by atoms with van der Waals surface area (Å²) in [5.74, 6) is 0. The van der Waals surface area contributed by atoms with E-state index in [4.69, 9.17) is 4.12 Å². The average Bonchev–Trinajstić information content (AvgIpc) is 2.96. The van der Waals surface area contributed by atoms with Crippen molar-refractivity contribution in [3.05, 3.63) is 0 Å². The van der Waals surface area contributed by atoms with Gasteiger partial charge in [-0.25, -0.2) is 0 Å². The molecule has 0 aromatic heterocycles. The molecule has 0 heterocycles. The van der Waals surface area contributed by atoms with Crippen LogP contribution in [0.2, 0.25) is 18.1 Å². The summed E-state index contributed by atoms with van der Waals surface area (Å²) in [6.07, 6.45) is 17.0. The van der Waals surface area contributed by atoms with Gasteiger partial charge in [0.2, 0.25) is 10.5 Å². The van der Waals surface area contributed by atoms with Gasteiger partial charge < -0.3 is 4.12 Å². The van der Waals surface area contributed by atoms with Crippen LogP contribution in [0.1, 0.15) is 84.0 Å². The fourth-order valence-electron chi connectivity index (χ4n) is 3.48. The maximum Gasteiger partial charge on any atom is 0.230 e. The van der Waals surface area contributed by atoms with Crippen LogP contribution in [0.25, 0.3) is 0 Å². The third-order valence-corrected chi connectivity index (χ3v) is 10.5. The Morgan fingerprint density at radius 3 is 2.00 bits per heavy atom. The summed E-state index contributed by atoms with van der Waals surface area (Å²) in [7, 11) is 1.95. The second kappa shape index (κ2) is 10.2. The number of rotatable bonds is 11. The van der Waals surface area contributed by atoms with Crippen molar-refractivity contribution < 1.29 is 4.12 Å². The molecule has 1 aliphatic rings. The topological polar surface area (TPSA) is 9.23 Å². The molecule has 1 aliphatic carbocycles. The Labute approximate surface area is 125 Å². The fourth-order valence-corrected chi connectivity index (χ4v) is 7.55.